The van der Waals surface area contributed by atoms with Gasteiger partial charge in [0.1, 0.15) is 0 Å². The summed E-state index contributed by atoms with van der Waals surface area (Å²) in [4.78, 5) is 0. The Kier molecular flexibility index (Phi) is 5.07. The highest BCUT2D eigenvalue weighted by Crippen LogP contribution is 2.24. The molecular formula is C13H23N5O3S. The molecule has 22 heavy (non-hydrogen) atoms. The lowest BCUT2D eigenvalue weighted by Crippen LogP contribution is -2.45. The van der Waals surface area contributed by atoms with Crippen molar-refractivity contribution >= 4 is 10.2 Å². The van der Waals surface area contributed by atoms with E-state index in [1.54, 1.807) is 14.8 Å². The first kappa shape index (κ1) is 15.9. The topological polar surface area (TPSA) is 80.6 Å². The van der Waals surface area contributed by atoms with E-state index < -0.39 is 10.2 Å². The molecule has 124 valence electrons. The lowest BCUT2D eigenvalue weighted by molar-refractivity contribution is 0.147. The standard InChI is InChI=1S/C13H23N5O3S/c19-22(20,17-7-2-11-21-12-10-17)16-6-1-3-13(4-8-16)18-9-5-14-15-18/h5,9,13H,1-4,6-8,10-12H2/t13-/m0/s1. The van der Waals surface area contributed by atoms with Crippen molar-refractivity contribution in [3.8, 4) is 0 Å². The van der Waals surface area contributed by atoms with Crippen molar-refractivity contribution in [3.63, 3.8) is 0 Å². The molecule has 3 heterocycles. The van der Waals surface area contributed by atoms with Crippen LogP contribution in [-0.2, 0) is 14.9 Å². The van der Waals surface area contributed by atoms with E-state index in [4.69, 9.17) is 4.74 Å². The smallest absolute Gasteiger partial charge is 0.282 e. The predicted molar refractivity (Wildman–Crippen MR) is 80.4 cm³/mol. The highest BCUT2D eigenvalue weighted by molar-refractivity contribution is 7.86. The van der Waals surface area contributed by atoms with E-state index in [2.05, 4.69) is 10.3 Å². The van der Waals surface area contributed by atoms with E-state index in [9.17, 15) is 8.42 Å². The highest BCUT2D eigenvalue weighted by Gasteiger charge is 2.32. The number of hydrogen-bond acceptors (Lipinski definition) is 5. The van der Waals surface area contributed by atoms with Gasteiger partial charge < -0.3 is 4.74 Å². The Balaban J connectivity index is 1.66. The molecule has 0 saturated carbocycles. The van der Waals surface area contributed by atoms with Crippen LogP contribution in [0.15, 0.2) is 12.4 Å². The number of nitrogens with zero attached hydrogens (tertiary/aromatic N) is 5. The summed E-state index contributed by atoms with van der Waals surface area (Å²) < 4.78 is 36.0. The van der Waals surface area contributed by atoms with Crippen molar-refractivity contribution < 1.29 is 13.2 Å². The molecule has 1 atom stereocenters. The summed E-state index contributed by atoms with van der Waals surface area (Å²) in [5, 5.41) is 7.88. The molecule has 2 aliphatic heterocycles. The van der Waals surface area contributed by atoms with Crippen LogP contribution in [0.5, 0.6) is 0 Å². The van der Waals surface area contributed by atoms with Gasteiger partial charge in [-0.15, -0.1) is 5.10 Å². The Morgan fingerprint density at radius 1 is 1.00 bits per heavy atom. The summed E-state index contributed by atoms with van der Waals surface area (Å²) in [6, 6.07) is 0.232. The zero-order valence-electron chi connectivity index (χ0n) is 12.7. The molecule has 1 aromatic rings. The van der Waals surface area contributed by atoms with Crippen molar-refractivity contribution in [2.24, 2.45) is 0 Å². The van der Waals surface area contributed by atoms with Gasteiger partial charge in [-0.3, -0.25) is 0 Å². The van der Waals surface area contributed by atoms with Crippen LogP contribution in [-0.4, -0.2) is 71.4 Å². The lowest BCUT2D eigenvalue weighted by Gasteiger charge is -2.27. The third-order valence-electron chi connectivity index (χ3n) is 4.31. The molecule has 0 spiro atoms. The monoisotopic (exact) mass is 329 g/mol. The molecule has 9 heteroatoms. The van der Waals surface area contributed by atoms with Gasteiger partial charge in [-0.05, 0) is 25.7 Å². The van der Waals surface area contributed by atoms with Crippen molar-refractivity contribution in [2.75, 3.05) is 39.4 Å². The second kappa shape index (κ2) is 7.03. The molecule has 8 nitrogen and oxygen atoms in total. The Morgan fingerprint density at radius 3 is 2.64 bits per heavy atom. The summed E-state index contributed by atoms with van der Waals surface area (Å²) in [5.74, 6) is 0. The third kappa shape index (κ3) is 3.48. The van der Waals surface area contributed by atoms with E-state index in [1.807, 2.05) is 10.9 Å². The Hall–Kier alpha value is -1.03. The van der Waals surface area contributed by atoms with Crippen molar-refractivity contribution in [2.45, 2.75) is 31.7 Å². The Morgan fingerprint density at radius 2 is 1.82 bits per heavy atom. The van der Waals surface area contributed by atoms with Crippen molar-refractivity contribution in [3.05, 3.63) is 12.4 Å². The van der Waals surface area contributed by atoms with Gasteiger partial charge in [-0.1, -0.05) is 5.21 Å². The first-order valence-electron chi connectivity index (χ1n) is 7.87. The fourth-order valence-electron chi connectivity index (χ4n) is 3.08. The molecule has 2 fully saturated rings. The summed E-state index contributed by atoms with van der Waals surface area (Å²) >= 11 is 0. The maximum Gasteiger partial charge on any atom is 0.282 e. The van der Waals surface area contributed by atoms with Gasteiger partial charge in [0.2, 0.25) is 0 Å². The molecule has 0 aliphatic carbocycles. The fraction of sp³-hybridized carbons (Fsp3) is 0.846. The fourth-order valence-corrected chi connectivity index (χ4v) is 4.76. The minimum Gasteiger partial charge on any atom is -0.380 e. The molecule has 2 saturated heterocycles. The van der Waals surface area contributed by atoms with Gasteiger partial charge in [0.05, 0.1) is 18.8 Å². The van der Waals surface area contributed by atoms with Gasteiger partial charge in [-0.25, -0.2) is 4.68 Å². The van der Waals surface area contributed by atoms with Crippen LogP contribution in [0.25, 0.3) is 0 Å². The summed E-state index contributed by atoms with van der Waals surface area (Å²) in [6.07, 6.45) is 6.81. The van der Waals surface area contributed by atoms with Gasteiger partial charge in [0.15, 0.2) is 0 Å². The SMILES string of the molecule is O=S(=O)(N1CCCOCC1)N1CCC[C@H](n2ccnn2)CC1. The molecule has 3 rings (SSSR count). The number of hydrogen-bond donors (Lipinski definition) is 0. The number of ether oxygens (including phenoxy) is 1. The third-order valence-corrected chi connectivity index (χ3v) is 6.34. The minimum atomic E-state index is -3.38. The Bertz CT molecular complexity index is 554. The second-order valence-corrected chi connectivity index (χ2v) is 7.67. The summed E-state index contributed by atoms with van der Waals surface area (Å²) in [6.45, 7) is 3.22. The molecule has 0 radical (unpaired) electrons. The summed E-state index contributed by atoms with van der Waals surface area (Å²) in [7, 11) is -3.38. The quantitative estimate of drug-likeness (QED) is 0.795. The first-order valence-corrected chi connectivity index (χ1v) is 9.26. The normalized spacial score (nSPS) is 26.5. The minimum absolute atomic E-state index is 0.232. The van der Waals surface area contributed by atoms with E-state index in [0.29, 0.717) is 39.4 Å². The van der Waals surface area contributed by atoms with E-state index in [-0.39, 0.29) is 6.04 Å². The Labute approximate surface area is 131 Å². The van der Waals surface area contributed by atoms with Crippen LogP contribution in [0.2, 0.25) is 0 Å². The molecule has 0 amide bonds. The maximum atomic E-state index is 12.8. The van der Waals surface area contributed by atoms with Gasteiger partial charge in [0.25, 0.3) is 10.2 Å². The average Bonchev–Trinajstić information content (AvgIpc) is 2.78. The molecule has 1 aromatic heterocycles. The number of rotatable bonds is 3. The van der Waals surface area contributed by atoms with E-state index in [0.717, 1.165) is 25.7 Å². The average molecular weight is 329 g/mol. The highest BCUT2D eigenvalue weighted by atomic mass is 32.2. The molecule has 0 aromatic carbocycles. The second-order valence-electron chi connectivity index (χ2n) is 5.74. The molecule has 0 N–H and O–H groups in total. The molecule has 0 unspecified atom stereocenters. The van der Waals surface area contributed by atoms with Gasteiger partial charge >= 0.3 is 0 Å². The predicted octanol–water partition coefficient (Wildman–Crippen LogP) is 0.272. The van der Waals surface area contributed by atoms with Gasteiger partial charge in [-0.2, -0.15) is 17.0 Å². The van der Waals surface area contributed by atoms with Crippen LogP contribution in [0.3, 0.4) is 0 Å². The van der Waals surface area contributed by atoms with Crippen LogP contribution >= 0.6 is 0 Å². The molecular weight excluding hydrogens is 306 g/mol. The van der Waals surface area contributed by atoms with E-state index in [1.165, 1.54) is 0 Å². The number of aromatic nitrogens is 3. The zero-order valence-corrected chi connectivity index (χ0v) is 13.5. The zero-order chi connectivity index (χ0) is 15.4. The summed E-state index contributed by atoms with van der Waals surface area (Å²) in [5.41, 5.74) is 0. The first-order chi connectivity index (χ1) is 10.7. The van der Waals surface area contributed by atoms with Crippen LogP contribution in [0, 0.1) is 0 Å². The van der Waals surface area contributed by atoms with Gasteiger partial charge in [0, 0.05) is 39.0 Å². The van der Waals surface area contributed by atoms with Crippen molar-refractivity contribution in [1.82, 2.24) is 23.6 Å². The maximum absolute atomic E-state index is 12.8. The van der Waals surface area contributed by atoms with Crippen LogP contribution in [0.4, 0.5) is 0 Å². The van der Waals surface area contributed by atoms with Crippen molar-refractivity contribution in [1.29, 1.82) is 0 Å². The largest absolute Gasteiger partial charge is 0.380 e. The molecule has 0 bridgehead atoms. The van der Waals surface area contributed by atoms with Crippen LogP contribution in [0.1, 0.15) is 31.7 Å². The van der Waals surface area contributed by atoms with Crippen LogP contribution < -0.4 is 0 Å². The lowest BCUT2D eigenvalue weighted by atomic mass is 10.1. The van der Waals surface area contributed by atoms with E-state index >= 15 is 0 Å². The molecule has 2 aliphatic rings.